The van der Waals surface area contributed by atoms with Crippen molar-refractivity contribution < 1.29 is 4.42 Å². The molecule has 11 rings (SSSR count). The number of hydrogen-bond acceptors (Lipinski definition) is 4. The summed E-state index contributed by atoms with van der Waals surface area (Å²) in [5, 5.41) is 4.89. The summed E-state index contributed by atoms with van der Waals surface area (Å²) >= 11 is 1.89. The van der Waals surface area contributed by atoms with E-state index in [1.807, 2.05) is 11.3 Å². The molecular weight excluding hydrogens is 735 g/mol. The maximum absolute atomic E-state index is 7.01. The van der Waals surface area contributed by atoms with Gasteiger partial charge in [-0.15, -0.1) is 11.3 Å². The number of benzene rings is 7. The highest BCUT2D eigenvalue weighted by molar-refractivity contribution is 7.26. The van der Waals surface area contributed by atoms with E-state index in [1.165, 1.54) is 81.8 Å². The van der Waals surface area contributed by atoms with E-state index in [9.17, 15) is 0 Å². The molecule has 290 valence electrons. The van der Waals surface area contributed by atoms with Gasteiger partial charge in [0.1, 0.15) is 11.2 Å². The highest BCUT2D eigenvalue weighted by Crippen LogP contribution is 2.54. The number of anilines is 5. The summed E-state index contributed by atoms with van der Waals surface area (Å²) in [6.07, 6.45) is 0. The molecule has 2 aromatic heterocycles. The fraction of sp³-hybridized carbons (Fsp3) is 0.222. The Morgan fingerprint density at radius 2 is 1.12 bits per heavy atom. The highest BCUT2D eigenvalue weighted by atomic mass is 32.1. The van der Waals surface area contributed by atoms with Crippen LogP contribution in [0.1, 0.15) is 79.0 Å². The fourth-order valence-electron chi connectivity index (χ4n) is 9.75. The molecule has 3 nitrogen and oxygen atoms in total. The summed E-state index contributed by atoms with van der Waals surface area (Å²) < 4.78 is 9.59. The average molecular weight is 785 g/mol. The zero-order valence-electron chi connectivity index (χ0n) is 35.5. The number of fused-ring (bicyclic) bond motifs is 12. The van der Waals surface area contributed by atoms with Crippen molar-refractivity contribution in [2.75, 3.05) is 9.71 Å². The molecule has 0 saturated heterocycles. The smallest absolute Gasteiger partial charge is 0.333 e. The van der Waals surface area contributed by atoms with Crippen LogP contribution < -0.4 is 20.6 Å². The van der Waals surface area contributed by atoms with Crippen LogP contribution in [0.3, 0.4) is 0 Å². The van der Waals surface area contributed by atoms with Gasteiger partial charge in [0.05, 0.1) is 5.69 Å². The lowest BCUT2D eigenvalue weighted by Crippen LogP contribution is -2.61. The van der Waals surface area contributed by atoms with E-state index in [0.29, 0.717) is 0 Å². The van der Waals surface area contributed by atoms with Gasteiger partial charge in [0.15, 0.2) is 0 Å². The van der Waals surface area contributed by atoms with Crippen molar-refractivity contribution >= 4 is 99.7 Å². The first-order chi connectivity index (χ1) is 28.2. The number of para-hydroxylation sites is 1. The molecule has 0 radical (unpaired) electrons. The van der Waals surface area contributed by atoms with Crippen molar-refractivity contribution in [2.45, 2.75) is 78.6 Å². The average Bonchev–Trinajstić information content (AvgIpc) is 3.78. The van der Waals surface area contributed by atoms with Gasteiger partial charge in [0.2, 0.25) is 0 Å². The van der Waals surface area contributed by atoms with Gasteiger partial charge in [-0.25, -0.2) is 0 Å². The van der Waals surface area contributed by atoms with Crippen LogP contribution in [0, 0.1) is 0 Å². The number of furan rings is 1. The van der Waals surface area contributed by atoms with E-state index in [0.717, 1.165) is 27.5 Å². The molecule has 9 aromatic rings. The zero-order chi connectivity index (χ0) is 40.7. The lowest BCUT2D eigenvalue weighted by atomic mass is 9.43. The van der Waals surface area contributed by atoms with E-state index < -0.39 is 0 Å². The van der Waals surface area contributed by atoms with Gasteiger partial charge in [0.25, 0.3) is 0 Å². The molecule has 0 bridgehead atoms. The summed E-state index contributed by atoms with van der Waals surface area (Å²) in [4.78, 5) is 5.22. The lowest BCUT2D eigenvalue weighted by molar-refractivity contribution is 0.590. The molecule has 59 heavy (non-hydrogen) atoms. The molecule has 0 saturated carbocycles. The second kappa shape index (κ2) is 12.4. The lowest BCUT2D eigenvalue weighted by Gasteiger charge is -2.46. The first kappa shape index (κ1) is 36.3. The zero-order valence-corrected chi connectivity index (χ0v) is 36.3. The quantitative estimate of drug-likeness (QED) is 0.163. The summed E-state index contributed by atoms with van der Waals surface area (Å²) in [5.41, 5.74) is 16.9. The Morgan fingerprint density at radius 3 is 1.80 bits per heavy atom. The summed E-state index contributed by atoms with van der Waals surface area (Å²) in [5.74, 6) is 0. The van der Waals surface area contributed by atoms with Crippen molar-refractivity contribution in [1.29, 1.82) is 0 Å². The second-order valence-electron chi connectivity index (χ2n) is 19.8. The van der Waals surface area contributed by atoms with Gasteiger partial charge >= 0.3 is 6.85 Å². The van der Waals surface area contributed by atoms with Crippen molar-refractivity contribution in [3.63, 3.8) is 0 Å². The monoisotopic (exact) mass is 784 g/mol. The summed E-state index contributed by atoms with van der Waals surface area (Å²) in [6, 6.07) is 50.6. The Balaban J connectivity index is 1.33. The van der Waals surface area contributed by atoms with E-state index in [2.05, 4.69) is 205 Å². The molecule has 0 amide bonds. The van der Waals surface area contributed by atoms with Crippen LogP contribution in [0.15, 0.2) is 138 Å². The normalized spacial score (nSPS) is 14.1. The number of nitrogens with zero attached hydrogens (tertiary/aromatic N) is 2. The molecule has 0 unspecified atom stereocenters. The Bertz CT molecular complexity index is 3170. The van der Waals surface area contributed by atoms with Crippen molar-refractivity contribution in [2.24, 2.45) is 0 Å². The number of hydrogen-bond donors (Lipinski definition) is 0. The van der Waals surface area contributed by atoms with Gasteiger partial charge in [-0.1, -0.05) is 135 Å². The van der Waals surface area contributed by atoms with Gasteiger partial charge in [0, 0.05) is 59.3 Å². The predicted octanol–water partition coefficient (Wildman–Crippen LogP) is 14.6. The van der Waals surface area contributed by atoms with Crippen LogP contribution in [0.25, 0.3) is 53.2 Å². The molecule has 0 N–H and O–H groups in total. The van der Waals surface area contributed by atoms with Crippen LogP contribution in [-0.4, -0.2) is 6.85 Å². The molecule has 0 aliphatic carbocycles. The van der Waals surface area contributed by atoms with E-state index >= 15 is 0 Å². The van der Waals surface area contributed by atoms with Gasteiger partial charge in [-0.3, -0.25) is 0 Å². The maximum Gasteiger partial charge on any atom is 0.333 e. The highest BCUT2D eigenvalue weighted by Gasteiger charge is 2.47. The first-order valence-electron chi connectivity index (χ1n) is 21.0. The van der Waals surface area contributed by atoms with Crippen LogP contribution >= 0.6 is 11.3 Å². The van der Waals surface area contributed by atoms with Crippen molar-refractivity contribution in [3.8, 4) is 11.1 Å². The van der Waals surface area contributed by atoms with Crippen molar-refractivity contribution in [1.82, 2.24) is 0 Å². The third-order valence-corrected chi connectivity index (χ3v) is 14.0. The van der Waals surface area contributed by atoms with Crippen LogP contribution in [0.2, 0.25) is 0 Å². The van der Waals surface area contributed by atoms with E-state index in [1.54, 1.807) is 0 Å². The number of thiophene rings is 1. The molecule has 2 aliphatic heterocycles. The largest absolute Gasteiger partial charge is 0.455 e. The Hall–Kier alpha value is -5.78. The Labute approximate surface area is 352 Å². The third-order valence-electron chi connectivity index (χ3n) is 12.9. The molecule has 0 spiro atoms. The van der Waals surface area contributed by atoms with Crippen LogP contribution in [0.4, 0.5) is 28.4 Å². The predicted molar refractivity (Wildman–Crippen MR) is 256 cm³/mol. The molecule has 0 fully saturated rings. The molecule has 5 heteroatoms. The van der Waals surface area contributed by atoms with E-state index in [4.69, 9.17) is 4.42 Å². The van der Waals surface area contributed by atoms with Gasteiger partial charge in [-0.05, 0) is 110 Å². The maximum atomic E-state index is 7.01. The summed E-state index contributed by atoms with van der Waals surface area (Å²) in [6.45, 7) is 20.7. The van der Waals surface area contributed by atoms with Crippen molar-refractivity contribution in [3.05, 3.63) is 150 Å². The molecule has 2 aliphatic rings. The van der Waals surface area contributed by atoms with Crippen LogP contribution in [-0.2, 0) is 16.2 Å². The SMILES string of the molecule is CC(C)(C)c1ccc(N2B3c4cc(C(C)(C)C)ccc4N(c4ccc(C(C)(C)C)cc4)c4c3c(cc3sc5ccccc5c43)-c3c2ccc2c3oc3ccccc32)cc1. The van der Waals surface area contributed by atoms with Gasteiger partial charge in [-0.2, -0.15) is 0 Å². The summed E-state index contributed by atoms with van der Waals surface area (Å²) in [7, 11) is 0. The molecule has 0 atom stereocenters. The number of rotatable bonds is 2. The molecule has 7 aromatic carbocycles. The van der Waals surface area contributed by atoms with Crippen LogP contribution in [0.5, 0.6) is 0 Å². The fourth-order valence-corrected chi connectivity index (χ4v) is 10.9. The van der Waals surface area contributed by atoms with E-state index in [-0.39, 0.29) is 23.1 Å². The minimum Gasteiger partial charge on any atom is -0.455 e. The minimum atomic E-state index is -0.111. The van der Waals surface area contributed by atoms with Gasteiger partial charge < -0.3 is 14.1 Å². The second-order valence-corrected chi connectivity index (χ2v) is 20.9. The standard InChI is InChI=1S/C54H49BN2OS/c1-52(2,3)32-18-23-35(24-19-32)56-42-28-22-34(54(7,8)9)30-41(42)55-49-40(31-46-48(50(49)56)39-15-11-13-17-45(39)59-46)47-43(57(55)36-25-20-33(21-26-36)53(4,5)6)29-27-38-37-14-10-12-16-44(37)58-51(38)47/h10-31H,1-9H3. The Morgan fingerprint density at radius 1 is 0.525 bits per heavy atom. The minimum absolute atomic E-state index is 0.0340. The Kier molecular flexibility index (Phi) is 7.62. The topological polar surface area (TPSA) is 19.6 Å². The third kappa shape index (κ3) is 5.40. The first-order valence-corrected chi connectivity index (χ1v) is 21.9. The molecular formula is C54H49BN2OS. The molecule has 4 heterocycles.